The summed E-state index contributed by atoms with van der Waals surface area (Å²) in [6.07, 6.45) is 7.15. The topological polar surface area (TPSA) is 56.7 Å². The lowest BCUT2D eigenvalue weighted by Gasteiger charge is -2.06. The van der Waals surface area contributed by atoms with E-state index in [4.69, 9.17) is 17.3 Å². The summed E-state index contributed by atoms with van der Waals surface area (Å²) in [6.45, 7) is 1.95. The maximum absolute atomic E-state index is 6.07. The zero-order valence-electron chi connectivity index (χ0n) is 10.6. The summed E-state index contributed by atoms with van der Waals surface area (Å²) >= 11 is 5.72. The molecule has 4 nitrogen and oxygen atoms in total. The standard InChI is InChI=1S/C14H15ClN4/c1-11(10-15)5-6-12(16)13-7-9-18-19(13)14-4-2-3-8-17-14/h2-9H,10,16H2,1H3/b11-5+,12-6-. The summed E-state index contributed by atoms with van der Waals surface area (Å²) in [7, 11) is 0. The quantitative estimate of drug-likeness (QED) is 0.689. The number of alkyl halides is 1. The molecule has 5 heteroatoms. The molecule has 0 aliphatic carbocycles. The zero-order valence-corrected chi connectivity index (χ0v) is 11.4. The Balaban J connectivity index is 2.35. The second kappa shape index (κ2) is 6.20. The molecule has 0 amide bonds. The van der Waals surface area contributed by atoms with Crippen LogP contribution in [0.15, 0.2) is 54.4 Å². The number of nitrogens with two attached hydrogens (primary N) is 1. The van der Waals surface area contributed by atoms with Gasteiger partial charge < -0.3 is 5.73 Å². The molecule has 0 aliphatic heterocycles. The van der Waals surface area contributed by atoms with Crippen LogP contribution in [-0.4, -0.2) is 20.6 Å². The third-order valence-corrected chi connectivity index (χ3v) is 2.98. The van der Waals surface area contributed by atoms with Crippen LogP contribution in [0.2, 0.25) is 0 Å². The number of pyridine rings is 1. The number of nitrogens with zero attached hydrogens (tertiary/aromatic N) is 3. The van der Waals surface area contributed by atoms with Gasteiger partial charge in [0.05, 0.1) is 17.6 Å². The van der Waals surface area contributed by atoms with Crippen molar-refractivity contribution in [3.63, 3.8) is 0 Å². The van der Waals surface area contributed by atoms with Crippen molar-refractivity contribution in [3.8, 4) is 5.82 Å². The number of hydrogen-bond donors (Lipinski definition) is 1. The van der Waals surface area contributed by atoms with Gasteiger partial charge in [0.2, 0.25) is 0 Å². The lowest BCUT2D eigenvalue weighted by atomic mass is 10.2. The van der Waals surface area contributed by atoms with E-state index in [2.05, 4.69) is 10.1 Å². The van der Waals surface area contributed by atoms with Crippen molar-refractivity contribution in [3.05, 3.63) is 60.1 Å². The minimum Gasteiger partial charge on any atom is -0.397 e. The molecule has 0 fully saturated rings. The van der Waals surface area contributed by atoms with Gasteiger partial charge in [-0.25, -0.2) is 9.67 Å². The highest BCUT2D eigenvalue weighted by atomic mass is 35.5. The Kier molecular flexibility index (Phi) is 4.36. The maximum atomic E-state index is 6.07. The maximum Gasteiger partial charge on any atom is 0.154 e. The van der Waals surface area contributed by atoms with Crippen LogP contribution < -0.4 is 5.73 Å². The van der Waals surface area contributed by atoms with E-state index in [0.717, 1.165) is 17.1 Å². The molecule has 2 N–H and O–H groups in total. The molecule has 0 atom stereocenters. The first kappa shape index (κ1) is 13.4. The fraction of sp³-hybridized carbons (Fsp3) is 0.143. The van der Waals surface area contributed by atoms with Crippen LogP contribution in [0, 0.1) is 0 Å². The Hall–Kier alpha value is -2.07. The highest BCUT2D eigenvalue weighted by Crippen LogP contribution is 2.13. The van der Waals surface area contributed by atoms with Crippen molar-refractivity contribution in [1.29, 1.82) is 0 Å². The largest absolute Gasteiger partial charge is 0.397 e. The second-order valence-electron chi connectivity index (χ2n) is 4.08. The summed E-state index contributed by atoms with van der Waals surface area (Å²) in [5, 5.41) is 4.24. The van der Waals surface area contributed by atoms with Crippen molar-refractivity contribution in [2.75, 3.05) is 5.88 Å². The molecule has 0 radical (unpaired) electrons. The summed E-state index contributed by atoms with van der Waals surface area (Å²) in [5.41, 5.74) is 8.54. The van der Waals surface area contributed by atoms with E-state index in [1.807, 2.05) is 43.3 Å². The van der Waals surface area contributed by atoms with Gasteiger partial charge in [-0.3, -0.25) is 0 Å². The van der Waals surface area contributed by atoms with Crippen molar-refractivity contribution >= 4 is 17.3 Å². The first-order valence-corrected chi connectivity index (χ1v) is 6.40. The molecule has 2 aromatic rings. The van der Waals surface area contributed by atoms with E-state index < -0.39 is 0 Å². The van der Waals surface area contributed by atoms with Crippen LogP contribution >= 0.6 is 11.6 Å². The molecule has 2 heterocycles. The van der Waals surface area contributed by atoms with E-state index in [0.29, 0.717) is 11.6 Å². The molecule has 0 saturated carbocycles. The van der Waals surface area contributed by atoms with Crippen LogP contribution in [0.3, 0.4) is 0 Å². The van der Waals surface area contributed by atoms with Gasteiger partial charge in [0.15, 0.2) is 5.82 Å². The van der Waals surface area contributed by atoms with Crippen LogP contribution in [0.4, 0.5) is 0 Å². The molecular weight excluding hydrogens is 260 g/mol. The van der Waals surface area contributed by atoms with Gasteiger partial charge in [-0.05, 0) is 31.2 Å². The van der Waals surface area contributed by atoms with Crippen LogP contribution in [0.25, 0.3) is 11.5 Å². The van der Waals surface area contributed by atoms with Crippen molar-refractivity contribution in [2.24, 2.45) is 5.73 Å². The molecule has 0 bridgehead atoms. The normalized spacial score (nSPS) is 12.7. The third-order valence-electron chi connectivity index (χ3n) is 2.56. The monoisotopic (exact) mass is 274 g/mol. The second-order valence-corrected chi connectivity index (χ2v) is 4.35. The predicted octanol–water partition coefficient (Wildman–Crippen LogP) is 2.75. The third kappa shape index (κ3) is 3.23. The first-order valence-electron chi connectivity index (χ1n) is 5.87. The van der Waals surface area contributed by atoms with Crippen LogP contribution in [-0.2, 0) is 0 Å². The molecule has 2 rings (SSSR count). The number of aromatic nitrogens is 3. The highest BCUT2D eigenvalue weighted by Gasteiger charge is 2.07. The smallest absolute Gasteiger partial charge is 0.154 e. The Labute approximate surface area is 117 Å². The van der Waals surface area contributed by atoms with E-state index >= 15 is 0 Å². The highest BCUT2D eigenvalue weighted by molar-refractivity contribution is 6.19. The average Bonchev–Trinajstić information content (AvgIpc) is 2.94. The van der Waals surface area contributed by atoms with Crippen molar-refractivity contribution < 1.29 is 0 Å². The van der Waals surface area contributed by atoms with Gasteiger partial charge in [-0.2, -0.15) is 5.10 Å². The SMILES string of the molecule is C/C(=C\C=C(/N)c1ccnn1-c1ccccn1)CCl. The van der Waals surface area contributed by atoms with Crippen LogP contribution in [0.5, 0.6) is 0 Å². The van der Waals surface area contributed by atoms with E-state index in [-0.39, 0.29) is 0 Å². The minimum atomic E-state index is 0.489. The molecule has 98 valence electrons. The lowest BCUT2D eigenvalue weighted by molar-refractivity contribution is 0.833. The van der Waals surface area contributed by atoms with Gasteiger partial charge >= 0.3 is 0 Å². The van der Waals surface area contributed by atoms with E-state index in [9.17, 15) is 0 Å². The van der Waals surface area contributed by atoms with Gasteiger partial charge in [-0.1, -0.05) is 17.7 Å². The number of halogens is 1. The summed E-state index contributed by atoms with van der Waals surface area (Å²) in [5.74, 6) is 1.22. The fourth-order valence-electron chi connectivity index (χ4n) is 1.55. The molecule has 0 aliphatic rings. The first-order chi connectivity index (χ1) is 9.22. The van der Waals surface area contributed by atoms with Gasteiger partial charge in [0.1, 0.15) is 0 Å². The van der Waals surface area contributed by atoms with Gasteiger partial charge in [0.25, 0.3) is 0 Å². The number of allylic oxidation sites excluding steroid dienone is 3. The molecule has 0 spiro atoms. The molecule has 0 unspecified atom stereocenters. The Morgan fingerprint density at radius 1 is 1.32 bits per heavy atom. The molecular formula is C14H15ClN4. The Morgan fingerprint density at radius 3 is 2.84 bits per heavy atom. The lowest BCUT2D eigenvalue weighted by Crippen LogP contribution is -2.07. The minimum absolute atomic E-state index is 0.489. The molecule has 19 heavy (non-hydrogen) atoms. The van der Waals surface area contributed by atoms with Crippen LogP contribution in [0.1, 0.15) is 12.6 Å². The Morgan fingerprint density at radius 2 is 2.16 bits per heavy atom. The molecule has 0 saturated heterocycles. The fourth-order valence-corrected chi connectivity index (χ4v) is 1.63. The summed E-state index contributed by atoms with van der Waals surface area (Å²) in [6, 6.07) is 7.50. The average molecular weight is 275 g/mol. The molecule has 2 aromatic heterocycles. The van der Waals surface area contributed by atoms with Crippen molar-refractivity contribution in [1.82, 2.24) is 14.8 Å². The summed E-state index contributed by atoms with van der Waals surface area (Å²) < 4.78 is 1.70. The van der Waals surface area contributed by atoms with Gasteiger partial charge in [0, 0.05) is 12.1 Å². The van der Waals surface area contributed by atoms with Crippen molar-refractivity contribution in [2.45, 2.75) is 6.92 Å². The van der Waals surface area contributed by atoms with Gasteiger partial charge in [-0.15, -0.1) is 11.6 Å². The Bertz CT molecular complexity index is 599. The molecule has 0 aromatic carbocycles. The predicted molar refractivity (Wildman–Crippen MR) is 78.0 cm³/mol. The number of hydrogen-bond acceptors (Lipinski definition) is 3. The van der Waals surface area contributed by atoms with E-state index in [1.165, 1.54) is 0 Å². The van der Waals surface area contributed by atoms with E-state index in [1.54, 1.807) is 17.1 Å². The number of rotatable bonds is 4. The zero-order chi connectivity index (χ0) is 13.7. The summed E-state index contributed by atoms with van der Waals surface area (Å²) in [4.78, 5) is 4.26.